The standard InChI is InChI=1S/C23H25FN2O2S/c1-4-9-26(23(27)20-7-5-6-8-21(20)24)13-18-15-29-22(25-18)14-28-19-11-16(2)10-17(3)12-19/h5-8,10-12,15H,4,9,13-14H2,1-3H3. The molecule has 0 fully saturated rings. The zero-order valence-electron chi connectivity index (χ0n) is 16.9. The van der Waals surface area contributed by atoms with E-state index in [1.807, 2.05) is 38.3 Å². The van der Waals surface area contributed by atoms with Crippen molar-refractivity contribution in [2.45, 2.75) is 40.3 Å². The number of nitrogens with zero attached hydrogens (tertiary/aromatic N) is 2. The minimum absolute atomic E-state index is 0.0922. The van der Waals surface area contributed by atoms with Crippen LogP contribution in [0, 0.1) is 19.7 Å². The second kappa shape index (κ2) is 9.65. The molecule has 4 nitrogen and oxygen atoms in total. The molecule has 152 valence electrons. The fraction of sp³-hybridized carbons (Fsp3) is 0.304. The maximum atomic E-state index is 14.0. The fourth-order valence-corrected chi connectivity index (χ4v) is 3.87. The van der Waals surface area contributed by atoms with Crippen molar-refractivity contribution in [1.82, 2.24) is 9.88 Å². The predicted octanol–water partition coefficient (Wildman–Crippen LogP) is 5.53. The van der Waals surface area contributed by atoms with E-state index >= 15 is 0 Å². The van der Waals surface area contributed by atoms with Gasteiger partial charge in [0.15, 0.2) is 0 Å². The van der Waals surface area contributed by atoms with Crippen LogP contribution in [0.25, 0.3) is 0 Å². The number of ether oxygens (including phenoxy) is 1. The summed E-state index contributed by atoms with van der Waals surface area (Å²) in [7, 11) is 0. The van der Waals surface area contributed by atoms with Gasteiger partial charge in [0.2, 0.25) is 0 Å². The van der Waals surface area contributed by atoms with Gasteiger partial charge in [-0.3, -0.25) is 4.79 Å². The molecule has 0 aliphatic carbocycles. The summed E-state index contributed by atoms with van der Waals surface area (Å²) in [5.41, 5.74) is 3.19. The maximum Gasteiger partial charge on any atom is 0.257 e. The number of amides is 1. The molecule has 2 aromatic carbocycles. The lowest BCUT2D eigenvalue weighted by Crippen LogP contribution is -2.32. The van der Waals surface area contributed by atoms with Crippen LogP contribution >= 0.6 is 11.3 Å². The highest BCUT2D eigenvalue weighted by Crippen LogP contribution is 2.20. The molecule has 0 aliphatic heterocycles. The Morgan fingerprint density at radius 3 is 2.59 bits per heavy atom. The van der Waals surface area contributed by atoms with Gasteiger partial charge in [0.25, 0.3) is 5.91 Å². The number of rotatable bonds is 8. The number of aryl methyl sites for hydroxylation is 2. The molecule has 0 spiro atoms. The Morgan fingerprint density at radius 1 is 1.17 bits per heavy atom. The number of benzene rings is 2. The summed E-state index contributed by atoms with van der Waals surface area (Å²) in [5.74, 6) is 0.00648. The zero-order chi connectivity index (χ0) is 20.8. The van der Waals surface area contributed by atoms with E-state index in [2.05, 4.69) is 11.1 Å². The first kappa shape index (κ1) is 21.0. The highest BCUT2D eigenvalue weighted by Gasteiger charge is 2.19. The van der Waals surface area contributed by atoms with Crippen LogP contribution in [0.3, 0.4) is 0 Å². The van der Waals surface area contributed by atoms with E-state index in [1.54, 1.807) is 17.0 Å². The van der Waals surface area contributed by atoms with Gasteiger partial charge in [-0.1, -0.05) is 25.1 Å². The third kappa shape index (κ3) is 5.64. The molecule has 0 aliphatic rings. The van der Waals surface area contributed by atoms with E-state index in [-0.39, 0.29) is 11.5 Å². The molecule has 0 N–H and O–H groups in total. The molecular formula is C23H25FN2O2S. The van der Waals surface area contributed by atoms with Gasteiger partial charge in [-0.2, -0.15) is 0 Å². The van der Waals surface area contributed by atoms with Crippen LogP contribution in [-0.2, 0) is 13.2 Å². The molecule has 1 amide bonds. The van der Waals surface area contributed by atoms with Crippen molar-refractivity contribution >= 4 is 17.2 Å². The molecule has 3 rings (SSSR count). The molecular weight excluding hydrogens is 387 g/mol. The van der Waals surface area contributed by atoms with Crippen LogP contribution in [-0.4, -0.2) is 22.3 Å². The summed E-state index contributed by atoms with van der Waals surface area (Å²) in [4.78, 5) is 19.0. The minimum Gasteiger partial charge on any atom is -0.486 e. The lowest BCUT2D eigenvalue weighted by Gasteiger charge is -2.21. The Morgan fingerprint density at radius 2 is 1.90 bits per heavy atom. The maximum absolute atomic E-state index is 14.0. The number of thiazole rings is 1. The van der Waals surface area contributed by atoms with Crippen molar-refractivity contribution < 1.29 is 13.9 Å². The molecule has 0 bridgehead atoms. The fourth-order valence-electron chi connectivity index (χ4n) is 3.17. The summed E-state index contributed by atoms with van der Waals surface area (Å²) >= 11 is 1.50. The highest BCUT2D eigenvalue weighted by atomic mass is 32.1. The van der Waals surface area contributed by atoms with Crippen molar-refractivity contribution in [3.05, 3.63) is 81.1 Å². The molecule has 1 heterocycles. The average molecular weight is 413 g/mol. The number of carbonyl (C=O) groups is 1. The van der Waals surface area contributed by atoms with Gasteiger partial charge < -0.3 is 9.64 Å². The van der Waals surface area contributed by atoms with Gasteiger partial charge in [-0.25, -0.2) is 9.37 Å². The first-order chi connectivity index (χ1) is 14.0. The smallest absolute Gasteiger partial charge is 0.257 e. The molecule has 1 aromatic heterocycles. The van der Waals surface area contributed by atoms with Crippen LogP contribution in [0.2, 0.25) is 0 Å². The van der Waals surface area contributed by atoms with Crippen molar-refractivity contribution in [3.63, 3.8) is 0 Å². The van der Waals surface area contributed by atoms with Crippen LogP contribution in [0.5, 0.6) is 5.75 Å². The first-order valence-corrected chi connectivity index (χ1v) is 10.5. The first-order valence-electron chi connectivity index (χ1n) is 9.64. The van der Waals surface area contributed by atoms with Gasteiger partial charge in [0.05, 0.1) is 17.8 Å². The SMILES string of the molecule is CCCN(Cc1csc(COc2cc(C)cc(C)c2)n1)C(=O)c1ccccc1F. The second-order valence-electron chi connectivity index (χ2n) is 7.05. The topological polar surface area (TPSA) is 42.4 Å². The Bertz CT molecular complexity index is 966. The average Bonchev–Trinajstić information content (AvgIpc) is 3.13. The number of halogens is 1. The predicted molar refractivity (Wildman–Crippen MR) is 114 cm³/mol. The van der Waals surface area contributed by atoms with E-state index in [0.29, 0.717) is 19.7 Å². The van der Waals surface area contributed by atoms with Crippen LogP contribution in [0.15, 0.2) is 47.8 Å². The van der Waals surface area contributed by atoms with Crippen molar-refractivity contribution in [2.75, 3.05) is 6.54 Å². The van der Waals surface area contributed by atoms with E-state index < -0.39 is 5.82 Å². The Kier molecular flexibility index (Phi) is 6.99. The monoisotopic (exact) mass is 412 g/mol. The molecule has 3 aromatic rings. The number of hydrogen-bond acceptors (Lipinski definition) is 4. The van der Waals surface area contributed by atoms with Gasteiger partial charge in [0.1, 0.15) is 23.2 Å². The summed E-state index contributed by atoms with van der Waals surface area (Å²) in [6.07, 6.45) is 0.785. The summed E-state index contributed by atoms with van der Waals surface area (Å²) < 4.78 is 19.9. The number of hydrogen-bond donors (Lipinski definition) is 0. The van der Waals surface area contributed by atoms with E-state index in [9.17, 15) is 9.18 Å². The van der Waals surface area contributed by atoms with Crippen molar-refractivity contribution in [3.8, 4) is 5.75 Å². The van der Waals surface area contributed by atoms with E-state index in [1.165, 1.54) is 23.5 Å². The normalized spacial score (nSPS) is 10.8. The Balaban J connectivity index is 1.66. The zero-order valence-corrected chi connectivity index (χ0v) is 17.8. The third-order valence-corrected chi connectivity index (χ3v) is 5.27. The second-order valence-corrected chi connectivity index (χ2v) is 7.99. The lowest BCUT2D eigenvalue weighted by molar-refractivity contribution is 0.0736. The van der Waals surface area contributed by atoms with Gasteiger partial charge >= 0.3 is 0 Å². The van der Waals surface area contributed by atoms with E-state index in [0.717, 1.165) is 34.0 Å². The van der Waals surface area contributed by atoms with Gasteiger partial charge in [-0.15, -0.1) is 11.3 Å². The van der Waals surface area contributed by atoms with Gasteiger partial charge in [-0.05, 0) is 55.7 Å². The summed E-state index contributed by atoms with van der Waals surface area (Å²) in [6.45, 7) is 7.33. The van der Waals surface area contributed by atoms with Crippen LogP contribution < -0.4 is 4.74 Å². The molecule has 0 radical (unpaired) electrons. The van der Waals surface area contributed by atoms with E-state index in [4.69, 9.17) is 4.74 Å². The summed E-state index contributed by atoms with van der Waals surface area (Å²) in [6, 6.07) is 12.2. The lowest BCUT2D eigenvalue weighted by atomic mass is 10.1. The largest absolute Gasteiger partial charge is 0.486 e. The summed E-state index contributed by atoms with van der Waals surface area (Å²) in [5, 5.41) is 2.77. The Hall–Kier alpha value is -2.73. The molecule has 0 saturated carbocycles. The minimum atomic E-state index is -0.501. The molecule has 29 heavy (non-hydrogen) atoms. The Labute approximate surface area is 175 Å². The number of carbonyl (C=O) groups excluding carboxylic acids is 1. The molecule has 0 saturated heterocycles. The van der Waals surface area contributed by atoms with Gasteiger partial charge in [0, 0.05) is 11.9 Å². The molecule has 0 atom stereocenters. The third-order valence-electron chi connectivity index (χ3n) is 4.39. The molecule has 0 unspecified atom stereocenters. The van der Waals surface area contributed by atoms with Crippen molar-refractivity contribution in [2.24, 2.45) is 0 Å². The highest BCUT2D eigenvalue weighted by molar-refractivity contribution is 7.09. The molecule has 6 heteroatoms. The van der Waals surface area contributed by atoms with Crippen molar-refractivity contribution in [1.29, 1.82) is 0 Å². The quantitative estimate of drug-likeness (QED) is 0.488. The number of aromatic nitrogens is 1. The van der Waals surface area contributed by atoms with Crippen LogP contribution in [0.4, 0.5) is 4.39 Å². The van der Waals surface area contributed by atoms with Crippen LogP contribution in [0.1, 0.15) is 45.5 Å².